The third-order valence-corrected chi connectivity index (χ3v) is 4.79. The summed E-state index contributed by atoms with van der Waals surface area (Å²) < 4.78 is 10.6. The van der Waals surface area contributed by atoms with Crippen LogP contribution in [0.1, 0.15) is 12.5 Å². The van der Waals surface area contributed by atoms with Crippen molar-refractivity contribution >= 4 is 17.7 Å². The predicted molar refractivity (Wildman–Crippen MR) is 106 cm³/mol. The van der Waals surface area contributed by atoms with Gasteiger partial charge in [-0.1, -0.05) is 18.2 Å². The molecule has 0 radical (unpaired) electrons. The van der Waals surface area contributed by atoms with Crippen molar-refractivity contribution in [2.75, 3.05) is 57.9 Å². The number of anilines is 1. The molecule has 0 unspecified atom stereocenters. The molecule has 2 amide bonds. The van der Waals surface area contributed by atoms with E-state index in [4.69, 9.17) is 9.47 Å². The number of morpholine rings is 1. The largest absolute Gasteiger partial charge is 0.463 e. The summed E-state index contributed by atoms with van der Waals surface area (Å²) in [6, 6.07) is 8.02. The molecule has 2 aliphatic rings. The SMILES string of the molecule is CCOC(=O)C1=C(CN(C)Cc2ccccc2N2CCOCC2)NC(=O)NC1. The maximum absolute atomic E-state index is 12.2. The number of hydrogen-bond donors (Lipinski definition) is 2. The molecule has 152 valence electrons. The lowest BCUT2D eigenvalue weighted by molar-refractivity contribution is -0.138. The summed E-state index contributed by atoms with van der Waals surface area (Å²) in [5.41, 5.74) is 3.46. The van der Waals surface area contributed by atoms with Gasteiger partial charge in [0.25, 0.3) is 0 Å². The summed E-state index contributed by atoms with van der Waals surface area (Å²) in [5.74, 6) is -0.396. The van der Waals surface area contributed by atoms with Crippen LogP contribution in [0.2, 0.25) is 0 Å². The highest BCUT2D eigenvalue weighted by Crippen LogP contribution is 2.23. The molecule has 3 rings (SSSR count). The van der Waals surface area contributed by atoms with E-state index in [0.717, 1.165) is 26.3 Å². The van der Waals surface area contributed by atoms with E-state index in [-0.39, 0.29) is 12.6 Å². The Labute approximate surface area is 165 Å². The molecule has 1 saturated heterocycles. The first-order valence-electron chi connectivity index (χ1n) is 9.61. The molecule has 0 bridgehead atoms. The number of para-hydroxylation sites is 1. The zero-order valence-corrected chi connectivity index (χ0v) is 16.5. The van der Waals surface area contributed by atoms with Gasteiger partial charge in [-0.2, -0.15) is 0 Å². The van der Waals surface area contributed by atoms with Gasteiger partial charge in [-0.3, -0.25) is 4.90 Å². The van der Waals surface area contributed by atoms with Crippen molar-refractivity contribution in [2.24, 2.45) is 0 Å². The molecule has 0 aliphatic carbocycles. The highest BCUT2D eigenvalue weighted by atomic mass is 16.5. The first-order chi connectivity index (χ1) is 13.6. The Kier molecular flexibility index (Phi) is 6.89. The molecule has 2 aliphatic heterocycles. The number of benzene rings is 1. The highest BCUT2D eigenvalue weighted by molar-refractivity contribution is 5.93. The maximum atomic E-state index is 12.2. The molecule has 1 aromatic rings. The summed E-state index contributed by atoms with van der Waals surface area (Å²) in [6.45, 7) is 6.60. The molecular weight excluding hydrogens is 360 g/mol. The minimum atomic E-state index is -0.396. The van der Waals surface area contributed by atoms with Gasteiger partial charge in [-0.25, -0.2) is 9.59 Å². The van der Waals surface area contributed by atoms with Crippen LogP contribution in [0.4, 0.5) is 10.5 Å². The smallest absolute Gasteiger partial charge is 0.337 e. The molecule has 2 heterocycles. The van der Waals surface area contributed by atoms with Gasteiger partial charge in [-0.05, 0) is 25.6 Å². The number of ether oxygens (including phenoxy) is 2. The van der Waals surface area contributed by atoms with Crippen molar-refractivity contribution in [3.05, 3.63) is 41.1 Å². The zero-order chi connectivity index (χ0) is 19.9. The average Bonchev–Trinajstić information content (AvgIpc) is 2.69. The van der Waals surface area contributed by atoms with Crippen molar-refractivity contribution < 1.29 is 19.1 Å². The normalized spacial score (nSPS) is 17.4. The second kappa shape index (κ2) is 9.57. The molecule has 0 saturated carbocycles. The lowest BCUT2D eigenvalue weighted by Gasteiger charge is -2.32. The van der Waals surface area contributed by atoms with E-state index >= 15 is 0 Å². The second-order valence-corrected chi connectivity index (χ2v) is 6.89. The number of nitrogens with one attached hydrogen (secondary N) is 2. The second-order valence-electron chi connectivity index (χ2n) is 6.89. The fourth-order valence-electron chi connectivity index (χ4n) is 3.45. The Balaban J connectivity index is 1.73. The van der Waals surface area contributed by atoms with Gasteiger partial charge in [0.1, 0.15) is 0 Å². The maximum Gasteiger partial charge on any atom is 0.337 e. The van der Waals surface area contributed by atoms with Crippen molar-refractivity contribution in [2.45, 2.75) is 13.5 Å². The van der Waals surface area contributed by atoms with Crippen LogP contribution < -0.4 is 15.5 Å². The van der Waals surface area contributed by atoms with E-state index in [9.17, 15) is 9.59 Å². The number of rotatable bonds is 7. The fraction of sp³-hybridized carbons (Fsp3) is 0.500. The van der Waals surface area contributed by atoms with E-state index in [1.54, 1.807) is 6.92 Å². The molecule has 28 heavy (non-hydrogen) atoms. The Morgan fingerprint density at radius 3 is 2.75 bits per heavy atom. The van der Waals surface area contributed by atoms with E-state index in [0.29, 0.717) is 31.0 Å². The number of carbonyl (C=O) groups is 2. The first-order valence-corrected chi connectivity index (χ1v) is 9.61. The Hall–Kier alpha value is -2.58. The van der Waals surface area contributed by atoms with E-state index < -0.39 is 5.97 Å². The number of urea groups is 1. The fourth-order valence-corrected chi connectivity index (χ4v) is 3.45. The van der Waals surface area contributed by atoms with Crippen LogP contribution in [0.25, 0.3) is 0 Å². The minimum absolute atomic E-state index is 0.179. The van der Waals surface area contributed by atoms with Crippen LogP contribution in [-0.2, 0) is 20.8 Å². The summed E-state index contributed by atoms with van der Waals surface area (Å²) >= 11 is 0. The lowest BCUT2D eigenvalue weighted by Crippen LogP contribution is -2.46. The third kappa shape index (κ3) is 5.02. The standard InChI is InChI=1S/C20H28N4O4/c1-3-28-19(25)16-12-21-20(26)22-17(16)14-23(2)13-15-6-4-5-7-18(15)24-8-10-27-11-9-24/h4-7H,3,8-14H2,1-2H3,(H2,21,22,26). The zero-order valence-electron chi connectivity index (χ0n) is 16.5. The Bertz CT molecular complexity index is 743. The minimum Gasteiger partial charge on any atom is -0.463 e. The van der Waals surface area contributed by atoms with Crippen molar-refractivity contribution in [1.29, 1.82) is 0 Å². The molecule has 1 fully saturated rings. The van der Waals surface area contributed by atoms with E-state index in [2.05, 4.69) is 32.6 Å². The van der Waals surface area contributed by atoms with Crippen LogP contribution in [0.5, 0.6) is 0 Å². The van der Waals surface area contributed by atoms with Gasteiger partial charge in [0.05, 0.1) is 31.9 Å². The van der Waals surface area contributed by atoms with Gasteiger partial charge in [0.2, 0.25) is 0 Å². The topological polar surface area (TPSA) is 83.1 Å². The van der Waals surface area contributed by atoms with E-state index in [1.807, 2.05) is 19.2 Å². The molecule has 8 nitrogen and oxygen atoms in total. The molecule has 0 atom stereocenters. The molecule has 0 aromatic heterocycles. The van der Waals surface area contributed by atoms with Crippen molar-refractivity contribution in [3.63, 3.8) is 0 Å². The first kappa shape index (κ1) is 20.2. The number of carbonyl (C=O) groups excluding carboxylic acids is 2. The number of esters is 1. The molecule has 2 N–H and O–H groups in total. The summed E-state index contributed by atoms with van der Waals surface area (Å²) in [6.07, 6.45) is 0. The number of amides is 2. The number of hydrogen-bond acceptors (Lipinski definition) is 6. The molecular formula is C20H28N4O4. The van der Waals surface area contributed by atoms with Gasteiger partial charge in [0, 0.05) is 37.6 Å². The lowest BCUT2D eigenvalue weighted by atomic mass is 10.1. The van der Waals surface area contributed by atoms with Crippen LogP contribution in [0.3, 0.4) is 0 Å². The predicted octanol–water partition coefficient (Wildman–Crippen LogP) is 1.09. The van der Waals surface area contributed by atoms with Crippen LogP contribution >= 0.6 is 0 Å². The third-order valence-electron chi connectivity index (χ3n) is 4.79. The van der Waals surface area contributed by atoms with Gasteiger partial charge in [0.15, 0.2) is 0 Å². The quantitative estimate of drug-likeness (QED) is 0.681. The monoisotopic (exact) mass is 388 g/mol. The van der Waals surface area contributed by atoms with Crippen LogP contribution in [0.15, 0.2) is 35.5 Å². The number of nitrogens with zero attached hydrogens (tertiary/aromatic N) is 2. The van der Waals surface area contributed by atoms with Gasteiger partial charge in [-0.15, -0.1) is 0 Å². The summed E-state index contributed by atoms with van der Waals surface area (Å²) in [4.78, 5) is 28.4. The van der Waals surface area contributed by atoms with Crippen molar-refractivity contribution in [3.8, 4) is 0 Å². The highest BCUT2D eigenvalue weighted by Gasteiger charge is 2.24. The molecule has 1 aromatic carbocycles. The van der Waals surface area contributed by atoms with Crippen LogP contribution in [0, 0.1) is 0 Å². The van der Waals surface area contributed by atoms with Crippen molar-refractivity contribution in [1.82, 2.24) is 15.5 Å². The molecule has 0 spiro atoms. The van der Waals surface area contributed by atoms with Gasteiger partial charge >= 0.3 is 12.0 Å². The average molecular weight is 388 g/mol. The summed E-state index contributed by atoms with van der Waals surface area (Å²) in [5, 5.41) is 5.39. The Morgan fingerprint density at radius 2 is 2.00 bits per heavy atom. The van der Waals surface area contributed by atoms with Gasteiger partial charge < -0.3 is 25.0 Å². The summed E-state index contributed by atoms with van der Waals surface area (Å²) in [7, 11) is 1.97. The van der Waals surface area contributed by atoms with Crippen LogP contribution in [-0.4, -0.2) is 69.9 Å². The van der Waals surface area contributed by atoms with E-state index in [1.165, 1.54) is 11.3 Å². The molecule has 8 heteroatoms. The Morgan fingerprint density at radius 1 is 1.25 bits per heavy atom. The number of likely N-dealkylation sites (N-methyl/N-ethyl adjacent to an activating group) is 1.